The van der Waals surface area contributed by atoms with E-state index in [4.69, 9.17) is 4.74 Å². The third kappa shape index (κ3) is 8.00. The lowest BCUT2D eigenvalue weighted by molar-refractivity contribution is 0.176. The summed E-state index contributed by atoms with van der Waals surface area (Å²) in [6.45, 7) is 6.75. The lowest BCUT2D eigenvalue weighted by atomic mass is 10.1. The van der Waals surface area contributed by atoms with Gasteiger partial charge in [-0.2, -0.15) is 5.26 Å². The normalized spacial score (nSPS) is 11.7. The molecule has 1 rings (SSSR count). The lowest BCUT2D eigenvalue weighted by Crippen LogP contribution is -2.28. The van der Waals surface area contributed by atoms with Crippen molar-refractivity contribution in [2.45, 2.75) is 26.9 Å². The van der Waals surface area contributed by atoms with Crippen molar-refractivity contribution in [2.75, 3.05) is 34.7 Å². The van der Waals surface area contributed by atoms with Gasteiger partial charge in [-0.3, -0.25) is 0 Å². The van der Waals surface area contributed by atoms with Gasteiger partial charge in [0, 0.05) is 25.1 Å². The Labute approximate surface area is 148 Å². The molecule has 0 aliphatic carbocycles. The van der Waals surface area contributed by atoms with E-state index in [-0.39, 0.29) is 6.10 Å². The van der Waals surface area contributed by atoms with Crippen molar-refractivity contribution < 1.29 is 4.74 Å². The highest BCUT2D eigenvalue weighted by Crippen LogP contribution is 2.33. The smallest absolute Gasteiger partial charge is 0.140 e. The number of benzene rings is 1. The average Bonchev–Trinajstić information content (AvgIpc) is 2.46. The van der Waals surface area contributed by atoms with Crippen LogP contribution in [-0.4, -0.2) is 57.0 Å². The van der Waals surface area contributed by atoms with Crippen LogP contribution in [0.2, 0.25) is 0 Å². The molecule has 5 nitrogen and oxygen atoms in total. The number of nitrogens with zero attached hydrogens (tertiary/aromatic N) is 4. The van der Waals surface area contributed by atoms with E-state index in [0.717, 1.165) is 11.0 Å². The average molecular weight is 383 g/mol. The number of aliphatic imine (C=N–C) groups is 1. The van der Waals surface area contributed by atoms with Gasteiger partial charge in [0.15, 0.2) is 0 Å². The molecule has 0 saturated carbocycles. The fourth-order valence-corrected chi connectivity index (χ4v) is 2.25. The molecule has 0 aromatic heterocycles. The van der Waals surface area contributed by atoms with Gasteiger partial charge in [0.1, 0.15) is 23.5 Å². The quantitative estimate of drug-likeness (QED) is 0.552. The van der Waals surface area contributed by atoms with Crippen molar-refractivity contribution in [3.8, 4) is 11.8 Å². The first-order chi connectivity index (χ1) is 10.8. The maximum atomic E-state index is 9.41. The first-order valence-corrected chi connectivity index (χ1v) is 8.38. The van der Waals surface area contributed by atoms with Crippen LogP contribution in [0.3, 0.4) is 0 Å². The summed E-state index contributed by atoms with van der Waals surface area (Å²) >= 11 is 3.44. The highest BCUT2D eigenvalue weighted by molar-refractivity contribution is 9.10. The Bertz CT molecular complexity index is 550. The molecule has 1 aromatic rings. The van der Waals surface area contributed by atoms with Gasteiger partial charge in [-0.25, -0.2) is 4.99 Å². The highest BCUT2D eigenvalue weighted by atomic mass is 79.9. The zero-order chi connectivity index (χ0) is 18.0. The second-order valence-corrected chi connectivity index (χ2v) is 6.22. The Morgan fingerprint density at radius 3 is 2.39 bits per heavy atom. The number of hydrogen-bond donors (Lipinski definition) is 0. The lowest BCUT2D eigenvalue weighted by Gasteiger charge is -2.20. The van der Waals surface area contributed by atoms with E-state index in [0.29, 0.717) is 17.0 Å². The molecule has 0 aliphatic rings. The van der Waals surface area contributed by atoms with Gasteiger partial charge in [0.05, 0.1) is 12.0 Å². The molecule has 0 saturated heterocycles. The minimum Gasteiger partial charge on any atom is -0.488 e. The maximum absolute atomic E-state index is 9.41. The molecule has 0 aliphatic heterocycles. The molecule has 0 bridgehead atoms. The van der Waals surface area contributed by atoms with Crippen molar-refractivity contribution in [3.63, 3.8) is 0 Å². The standard InChI is InChI=1S/C15H21BrN4O.C2H6/c1-11(9-19(2)3)21-15-7-12(16)6-14(13(15)8-17)18-10-20(4)5;1-2/h6-7,10-11H,9H2,1-5H3;1-2H3. The summed E-state index contributed by atoms with van der Waals surface area (Å²) in [6, 6.07) is 5.79. The molecule has 0 N–H and O–H groups in total. The van der Waals surface area contributed by atoms with Crippen molar-refractivity contribution >= 4 is 28.0 Å². The van der Waals surface area contributed by atoms with Crippen LogP contribution in [0, 0.1) is 11.3 Å². The van der Waals surface area contributed by atoms with Gasteiger partial charge in [-0.15, -0.1) is 0 Å². The van der Waals surface area contributed by atoms with Gasteiger partial charge in [-0.05, 0) is 33.2 Å². The van der Waals surface area contributed by atoms with E-state index < -0.39 is 0 Å². The minimum absolute atomic E-state index is 0.0212. The molecule has 0 spiro atoms. The van der Waals surface area contributed by atoms with Crippen LogP contribution < -0.4 is 4.74 Å². The molecule has 6 heteroatoms. The summed E-state index contributed by atoms with van der Waals surface area (Å²) in [6.07, 6.45) is 1.64. The number of nitriles is 1. The van der Waals surface area contributed by atoms with E-state index in [1.807, 2.05) is 64.8 Å². The van der Waals surface area contributed by atoms with Crippen LogP contribution in [0.15, 0.2) is 21.6 Å². The van der Waals surface area contributed by atoms with E-state index >= 15 is 0 Å². The Kier molecular flexibility index (Phi) is 10.3. The summed E-state index contributed by atoms with van der Waals surface area (Å²) < 4.78 is 6.73. The Hall–Kier alpha value is -1.58. The highest BCUT2D eigenvalue weighted by Gasteiger charge is 2.14. The topological polar surface area (TPSA) is 51.9 Å². The monoisotopic (exact) mass is 382 g/mol. The third-order valence-corrected chi connectivity index (χ3v) is 2.99. The molecular formula is C17H27BrN4O. The Morgan fingerprint density at radius 2 is 1.91 bits per heavy atom. The van der Waals surface area contributed by atoms with E-state index in [1.54, 1.807) is 12.4 Å². The van der Waals surface area contributed by atoms with Gasteiger partial charge < -0.3 is 14.5 Å². The van der Waals surface area contributed by atoms with Gasteiger partial charge in [0.2, 0.25) is 0 Å². The van der Waals surface area contributed by atoms with Crippen LogP contribution in [0.4, 0.5) is 5.69 Å². The summed E-state index contributed by atoms with van der Waals surface area (Å²) in [5, 5.41) is 9.41. The van der Waals surface area contributed by atoms with Gasteiger partial charge >= 0.3 is 0 Å². The molecule has 0 radical (unpaired) electrons. The SMILES string of the molecule is CC.CC(CN(C)C)Oc1cc(Br)cc(N=CN(C)C)c1C#N. The van der Waals surface area contributed by atoms with Crippen molar-refractivity contribution in [1.82, 2.24) is 9.80 Å². The predicted molar refractivity (Wildman–Crippen MR) is 101 cm³/mol. The molecule has 0 heterocycles. The van der Waals surface area contributed by atoms with Crippen LogP contribution in [-0.2, 0) is 0 Å². The molecular weight excluding hydrogens is 356 g/mol. The van der Waals surface area contributed by atoms with Gasteiger partial charge in [-0.1, -0.05) is 29.8 Å². The largest absolute Gasteiger partial charge is 0.488 e. The van der Waals surface area contributed by atoms with Crippen molar-refractivity contribution in [2.24, 2.45) is 4.99 Å². The maximum Gasteiger partial charge on any atom is 0.140 e. The Balaban J connectivity index is 0.00000232. The molecule has 128 valence electrons. The third-order valence-electron chi connectivity index (χ3n) is 2.54. The fraction of sp³-hybridized carbons (Fsp3) is 0.529. The van der Waals surface area contributed by atoms with Crippen molar-refractivity contribution in [3.05, 3.63) is 22.2 Å². The molecule has 1 unspecified atom stereocenters. The molecule has 23 heavy (non-hydrogen) atoms. The molecule has 1 aromatic carbocycles. The first kappa shape index (κ1) is 21.4. The number of likely N-dealkylation sites (N-methyl/N-ethyl adjacent to an activating group) is 1. The zero-order valence-corrected chi connectivity index (χ0v) is 16.7. The summed E-state index contributed by atoms with van der Waals surface area (Å²) in [4.78, 5) is 8.18. The fourth-order valence-electron chi connectivity index (χ4n) is 1.82. The van der Waals surface area contributed by atoms with E-state index in [2.05, 4.69) is 27.0 Å². The van der Waals surface area contributed by atoms with Crippen molar-refractivity contribution in [1.29, 1.82) is 5.26 Å². The van der Waals surface area contributed by atoms with Gasteiger partial charge in [0.25, 0.3) is 0 Å². The second kappa shape index (κ2) is 11.0. The molecule has 0 amide bonds. The van der Waals surface area contributed by atoms with Crippen LogP contribution in [0.1, 0.15) is 26.3 Å². The van der Waals surface area contributed by atoms with Crippen LogP contribution in [0.25, 0.3) is 0 Å². The molecule has 1 atom stereocenters. The predicted octanol–water partition coefficient (Wildman–Crippen LogP) is 3.90. The van der Waals surface area contributed by atoms with Crippen LogP contribution >= 0.6 is 15.9 Å². The summed E-state index contributed by atoms with van der Waals surface area (Å²) in [5.41, 5.74) is 1.04. The summed E-state index contributed by atoms with van der Waals surface area (Å²) in [5.74, 6) is 0.548. The number of rotatable bonds is 6. The first-order valence-electron chi connectivity index (χ1n) is 7.59. The second-order valence-electron chi connectivity index (χ2n) is 5.31. The zero-order valence-electron chi connectivity index (χ0n) is 15.1. The summed E-state index contributed by atoms with van der Waals surface area (Å²) in [7, 11) is 7.73. The number of hydrogen-bond acceptors (Lipinski definition) is 4. The van der Waals surface area contributed by atoms with E-state index in [9.17, 15) is 5.26 Å². The Morgan fingerprint density at radius 1 is 1.30 bits per heavy atom. The number of halogens is 1. The minimum atomic E-state index is -0.0212. The molecule has 0 fully saturated rings. The number of ether oxygens (including phenoxy) is 1. The van der Waals surface area contributed by atoms with E-state index in [1.165, 1.54) is 0 Å². The van der Waals surface area contributed by atoms with Crippen LogP contribution in [0.5, 0.6) is 5.75 Å².